The second-order valence-corrected chi connectivity index (χ2v) is 5.79. The molecular formula is C12H23ClN2O2S. The van der Waals surface area contributed by atoms with Crippen LogP contribution in [0.4, 0.5) is 0 Å². The van der Waals surface area contributed by atoms with Crippen molar-refractivity contribution in [3.8, 4) is 0 Å². The average molecular weight is 295 g/mol. The molecule has 2 unspecified atom stereocenters. The van der Waals surface area contributed by atoms with Crippen LogP contribution in [-0.2, 0) is 9.53 Å². The van der Waals surface area contributed by atoms with Gasteiger partial charge in [-0.05, 0) is 32.2 Å². The molecule has 2 rings (SSSR count). The Balaban J connectivity index is 0.00000162. The molecule has 2 fully saturated rings. The Morgan fingerprint density at radius 3 is 2.94 bits per heavy atom. The number of hydrogen-bond donors (Lipinski definition) is 2. The number of rotatable bonds is 5. The third kappa shape index (κ3) is 5.78. The topological polar surface area (TPSA) is 50.4 Å². The highest BCUT2D eigenvalue weighted by molar-refractivity contribution is 7.99. The molecule has 0 radical (unpaired) electrons. The molecule has 0 spiro atoms. The summed E-state index contributed by atoms with van der Waals surface area (Å²) in [4.78, 5) is 11.6. The van der Waals surface area contributed by atoms with Crippen LogP contribution in [-0.4, -0.2) is 49.3 Å². The first kappa shape index (κ1) is 16.1. The minimum absolute atomic E-state index is 0. The summed E-state index contributed by atoms with van der Waals surface area (Å²) < 4.78 is 5.63. The number of thioether (sulfide) groups is 1. The fourth-order valence-corrected chi connectivity index (χ4v) is 3.18. The van der Waals surface area contributed by atoms with Crippen molar-refractivity contribution in [3.05, 3.63) is 0 Å². The molecule has 0 aromatic carbocycles. The smallest absolute Gasteiger partial charge is 0.230 e. The molecule has 0 aromatic rings. The van der Waals surface area contributed by atoms with Gasteiger partial charge in [-0.3, -0.25) is 4.79 Å². The SMILES string of the molecule is Cl.O=C(CSCC1CCCCO1)NC1CCNC1. The molecular weight excluding hydrogens is 272 g/mol. The van der Waals surface area contributed by atoms with Gasteiger partial charge in [0.15, 0.2) is 0 Å². The summed E-state index contributed by atoms with van der Waals surface area (Å²) in [6.45, 7) is 2.83. The first-order valence-corrected chi connectivity index (χ1v) is 7.69. The standard InChI is InChI=1S/C12H22N2O2S.ClH/c15-12(14-10-4-5-13-7-10)9-17-8-11-3-1-2-6-16-11;/h10-11,13H,1-9H2,(H,14,15);1H. The minimum Gasteiger partial charge on any atom is -0.377 e. The molecule has 2 aliphatic heterocycles. The molecule has 2 N–H and O–H groups in total. The molecule has 1 amide bonds. The van der Waals surface area contributed by atoms with Crippen molar-refractivity contribution in [2.24, 2.45) is 0 Å². The van der Waals surface area contributed by atoms with Gasteiger partial charge in [0, 0.05) is 24.9 Å². The zero-order chi connectivity index (χ0) is 11.9. The first-order chi connectivity index (χ1) is 8.34. The fraction of sp³-hybridized carbons (Fsp3) is 0.917. The lowest BCUT2D eigenvalue weighted by molar-refractivity contribution is -0.119. The Labute approximate surface area is 119 Å². The van der Waals surface area contributed by atoms with Gasteiger partial charge in [-0.15, -0.1) is 24.2 Å². The summed E-state index contributed by atoms with van der Waals surface area (Å²) in [6.07, 6.45) is 5.04. The molecule has 2 saturated heterocycles. The maximum atomic E-state index is 11.6. The summed E-state index contributed by atoms with van der Waals surface area (Å²) in [5.41, 5.74) is 0. The van der Waals surface area contributed by atoms with Gasteiger partial charge in [0.2, 0.25) is 5.91 Å². The lowest BCUT2D eigenvalue weighted by Gasteiger charge is -2.22. The highest BCUT2D eigenvalue weighted by Gasteiger charge is 2.17. The molecule has 0 aliphatic carbocycles. The Morgan fingerprint density at radius 2 is 2.28 bits per heavy atom. The maximum Gasteiger partial charge on any atom is 0.230 e. The molecule has 0 bridgehead atoms. The number of halogens is 1. The molecule has 2 atom stereocenters. The van der Waals surface area contributed by atoms with Crippen molar-refractivity contribution in [1.29, 1.82) is 0 Å². The molecule has 6 heteroatoms. The van der Waals surface area contributed by atoms with Crippen LogP contribution in [0, 0.1) is 0 Å². The third-order valence-corrected chi connectivity index (χ3v) is 4.31. The number of ether oxygens (including phenoxy) is 1. The fourth-order valence-electron chi connectivity index (χ4n) is 2.27. The number of nitrogens with one attached hydrogen (secondary N) is 2. The molecule has 18 heavy (non-hydrogen) atoms. The summed E-state index contributed by atoms with van der Waals surface area (Å²) >= 11 is 1.69. The minimum atomic E-state index is 0. The van der Waals surface area contributed by atoms with Crippen molar-refractivity contribution in [1.82, 2.24) is 10.6 Å². The molecule has 0 saturated carbocycles. The van der Waals surface area contributed by atoms with Crippen LogP contribution < -0.4 is 10.6 Å². The normalized spacial score (nSPS) is 27.6. The van der Waals surface area contributed by atoms with E-state index in [1.54, 1.807) is 11.8 Å². The second-order valence-electron chi connectivity index (χ2n) is 4.76. The van der Waals surface area contributed by atoms with Gasteiger partial charge in [-0.2, -0.15) is 0 Å². The van der Waals surface area contributed by atoms with Crippen LogP contribution in [0.5, 0.6) is 0 Å². The summed E-state index contributed by atoms with van der Waals surface area (Å²) in [5.74, 6) is 1.69. The van der Waals surface area contributed by atoms with Gasteiger partial charge in [0.05, 0.1) is 11.9 Å². The van der Waals surface area contributed by atoms with Crippen LogP contribution in [0.1, 0.15) is 25.7 Å². The van der Waals surface area contributed by atoms with E-state index < -0.39 is 0 Å². The second kappa shape index (κ2) is 9.02. The number of carbonyl (C=O) groups is 1. The van der Waals surface area contributed by atoms with Crippen LogP contribution in [0.25, 0.3) is 0 Å². The van der Waals surface area contributed by atoms with E-state index in [4.69, 9.17) is 4.74 Å². The van der Waals surface area contributed by atoms with E-state index in [1.165, 1.54) is 12.8 Å². The van der Waals surface area contributed by atoms with Crippen LogP contribution in [0.2, 0.25) is 0 Å². The Hall–Kier alpha value is 0.0300. The zero-order valence-electron chi connectivity index (χ0n) is 10.7. The van der Waals surface area contributed by atoms with Gasteiger partial charge < -0.3 is 15.4 Å². The Bertz CT molecular complexity index is 244. The van der Waals surface area contributed by atoms with E-state index in [-0.39, 0.29) is 18.3 Å². The number of hydrogen-bond acceptors (Lipinski definition) is 4. The van der Waals surface area contributed by atoms with Crippen LogP contribution in [0.15, 0.2) is 0 Å². The predicted molar refractivity (Wildman–Crippen MR) is 77.6 cm³/mol. The van der Waals surface area contributed by atoms with Gasteiger partial charge in [0.1, 0.15) is 0 Å². The van der Waals surface area contributed by atoms with Crippen molar-refractivity contribution in [3.63, 3.8) is 0 Å². The lowest BCUT2D eigenvalue weighted by Crippen LogP contribution is -2.37. The Morgan fingerprint density at radius 1 is 1.39 bits per heavy atom. The van der Waals surface area contributed by atoms with Crippen molar-refractivity contribution in [2.45, 2.75) is 37.8 Å². The molecule has 0 aromatic heterocycles. The maximum absolute atomic E-state index is 11.6. The zero-order valence-corrected chi connectivity index (χ0v) is 12.3. The third-order valence-electron chi connectivity index (χ3n) is 3.24. The van der Waals surface area contributed by atoms with Crippen molar-refractivity contribution < 1.29 is 9.53 Å². The summed E-state index contributed by atoms with van der Waals surface area (Å²) in [7, 11) is 0. The van der Waals surface area contributed by atoms with Crippen LogP contribution >= 0.6 is 24.2 Å². The molecule has 2 aliphatic rings. The summed E-state index contributed by atoms with van der Waals surface area (Å²) in [6, 6.07) is 0.342. The predicted octanol–water partition coefficient (Wildman–Crippen LogP) is 1.19. The van der Waals surface area contributed by atoms with E-state index in [9.17, 15) is 4.79 Å². The summed E-state index contributed by atoms with van der Waals surface area (Å²) in [5, 5.41) is 6.30. The van der Waals surface area contributed by atoms with Crippen molar-refractivity contribution >= 4 is 30.1 Å². The van der Waals surface area contributed by atoms with Crippen molar-refractivity contribution in [2.75, 3.05) is 31.2 Å². The number of amides is 1. The monoisotopic (exact) mass is 294 g/mol. The van der Waals surface area contributed by atoms with E-state index in [0.29, 0.717) is 17.9 Å². The van der Waals surface area contributed by atoms with Gasteiger partial charge in [-0.1, -0.05) is 0 Å². The average Bonchev–Trinajstić information content (AvgIpc) is 2.83. The van der Waals surface area contributed by atoms with E-state index >= 15 is 0 Å². The van der Waals surface area contributed by atoms with E-state index in [2.05, 4.69) is 10.6 Å². The lowest BCUT2D eigenvalue weighted by atomic mass is 10.1. The highest BCUT2D eigenvalue weighted by Crippen LogP contribution is 2.17. The van der Waals surface area contributed by atoms with Gasteiger partial charge in [-0.25, -0.2) is 0 Å². The quantitative estimate of drug-likeness (QED) is 0.800. The molecule has 106 valence electrons. The van der Waals surface area contributed by atoms with E-state index in [1.807, 2.05) is 0 Å². The van der Waals surface area contributed by atoms with Gasteiger partial charge >= 0.3 is 0 Å². The highest BCUT2D eigenvalue weighted by atomic mass is 35.5. The number of carbonyl (C=O) groups excluding carboxylic acids is 1. The van der Waals surface area contributed by atoms with Gasteiger partial charge in [0.25, 0.3) is 0 Å². The Kier molecular flexibility index (Phi) is 8.06. The molecule has 4 nitrogen and oxygen atoms in total. The largest absolute Gasteiger partial charge is 0.377 e. The first-order valence-electron chi connectivity index (χ1n) is 6.54. The van der Waals surface area contributed by atoms with Crippen LogP contribution in [0.3, 0.4) is 0 Å². The van der Waals surface area contributed by atoms with E-state index in [0.717, 1.165) is 38.3 Å². The molecule has 2 heterocycles.